The van der Waals surface area contributed by atoms with E-state index in [0.717, 1.165) is 25.0 Å². The smallest absolute Gasteiger partial charge is 0.283 e. The number of hydrogen-bond acceptors (Lipinski definition) is 10. The van der Waals surface area contributed by atoms with E-state index in [4.69, 9.17) is 0 Å². The molecule has 0 unspecified atom stereocenters. The zero-order valence-corrected chi connectivity index (χ0v) is 18.6. The van der Waals surface area contributed by atoms with Crippen molar-refractivity contribution in [3.05, 3.63) is 54.6 Å². The molecule has 4 N–H and O–H groups in total. The number of phenolic OH excluding ortho intramolecular Hbond substituents is 2. The van der Waals surface area contributed by atoms with Crippen LogP contribution in [-0.4, -0.2) is 44.7 Å². The van der Waals surface area contributed by atoms with Gasteiger partial charge >= 0.3 is 0 Å². The topological polar surface area (TPSA) is 185 Å². The van der Waals surface area contributed by atoms with Gasteiger partial charge in [-0.25, -0.2) is 0 Å². The molecule has 34 heavy (non-hydrogen) atoms. The van der Waals surface area contributed by atoms with Gasteiger partial charge in [-0.15, -0.1) is 0 Å². The Morgan fingerprint density at radius 1 is 0.735 bits per heavy atom. The van der Waals surface area contributed by atoms with Crippen LogP contribution in [0.25, 0.3) is 0 Å². The molecule has 2 aromatic rings. The van der Waals surface area contributed by atoms with Crippen LogP contribution in [0.4, 0.5) is 22.7 Å². The van der Waals surface area contributed by atoms with Gasteiger partial charge in [0.05, 0.1) is 32.3 Å². The lowest BCUT2D eigenvalue weighted by atomic mass is 9.80. The highest BCUT2D eigenvalue weighted by molar-refractivity contribution is 6.33. The first-order chi connectivity index (χ1) is 16.1. The van der Waals surface area contributed by atoms with E-state index in [9.17, 15) is 40.0 Å². The van der Waals surface area contributed by atoms with Crippen molar-refractivity contribution in [3.8, 4) is 11.5 Å². The third kappa shape index (κ3) is 4.09. The monoisotopic (exact) mass is 472 g/mol. The number of nitrogens with one attached hydrogen (secondary N) is 2. The maximum Gasteiger partial charge on any atom is 0.283 e. The molecule has 1 aliphatic carbocycles. The summed E-state index contributed by atoms with van der Waals surface area (Å²) in [7, 11) is 0. The molecule has 3 rings (SSSR count). The molecule has 2 aromatic carbocycles. The molecule has 0 saturated carbocycles. The van der Waals surface area contributed by atoms with Crippen molar-refractivity contribution in [2.24, 2.45) is 0 Å². The standard InChI is InChI=1S/C22H24N4O8/c1-3-5-7-23-11-9-13(25(31)32)15-17(19(11)27)21(29)16-14(26(33)34)10-12(24-8-6-4-2)20(28)18(16)22(15)30/h9-10,23-24,27-28H,3-8H2,1-2H3. The lowest BCUT2D eigenvalue weighted by molar-refractivity contribution is -0.385. The van der Waals surface area contributed by atoms with Crippen molar-refractivity contribution >= 4 is 34.3 Å². The molecule has 180 valence electrons. The van der Waals surface area contributed by atoms with E-state index in [2.05, 4.69) is 10.6 Å². The summed E-state index contributed by atoms with van der Waals surface area (Å²) in [6.45, 7) is 4.47. The van der Waals surface area contributed by atoms with Gasteiger partial charge in [-0.1, -0.05) is 26.7 Å². The fraction of sp³-hybridized carbons (Fsp3) is 0.364. The van der Waals surface area contributed by atoms with Crippen LogP contribution in [0.2, 0.25) is 0 Å². The van der Waals surface area contributed by atoms with Gasteiger partial charge in [-0.3, -0.25) is 29.8 Å². The van der Waals surface area contributed by atoms with E-state index >= 15 is 0 Å². The molecule has 0 atom stereocenters. The SMILES string of the molecule is CCCCNc1cc([N+](=O)[O-])c2c(c1O)C(=O)c1c([N+](=O)[O-])cc(NCCCC)c(O)c1C2=O. The summed E-state index contributed by atoms with van der Waals surface area (Å²) in [6.07, 6.45) is 2.89. The summed E-state index contributed by atoms with van der Waals surface area (Å²) in [5, 5.41) is 50.6. The van der Waals surface area contributed by atoms with Crippen LogP contribution in [0, 0.1) is 20.2 Å². The number of carbonyl (C=O) groups excluding carboxylic acids is 2. The van der Waals surface area contributed by atoms with Gasteiger partial charge in [0.15, 0.2) is 11.5 Å². The van der Waals surface area contributed by atoms with Crippen LogP contribution in [-0.2, 0) is 0 Å². The first-order valence-corrected chi connectivity index (χ1v) is 10.8. The molecule has 0 saturated heterocycles. The zero-order chi connectivity index (χ0) is 25.2. The molecule has 0 heterocycles. The van der Waals surface area contributed by atoms with Gasteiger partial charge in [0.2, 0.25) is 11.6 Å². The Morgan fingerprint density at radius 3 is 1.38 bits per heavy atom. The minimum absolute atomic E-state index is 0.145. The van der Waals surface area contributed by atoms with Gasteiger partial charge in [-0.2, -0.15) is 0 Å². The van der Waals surface area contributed by atoms with E-state index in [1.807, 2.05) is 13.8 Å². The summed E-state index contributed by atoms with van der Waals surface area (Å²) >= 11 is 0. The highest BCUT2D eigenvalue weighted by Gasteiger charge is 2.45. The Morgan fingerprint density at radius 2 is 1.09 bits per heavy atom. The zero-order valence-electron chi connectivity index (χ0n) is 18.6. The Bertz CT molecular complexity index is 1110. The molecule has 0 bridgehead atoms. The van der Waals surface area contributed by atoms with E-state index in [0.29, 0.717) is 25.9 Å². The first kappa shape index (κ1) is 24.4. The first-order valence-electron chi connectivity index (χ1n) is 10.8. The van der Waals surface area contributed by atoms with E-state index in [1.165, 1.54) is 0 Å². The van der Waals surface area contributed by atoms with Crippen molar-refractivity contribution in [2.75, 3.05) is 23.7 Å². The predicted octanol–water partition coefficient (Wildman–Crippen LogP) is 4.11. The summed E-state index contributed by atoms with van der Waals surface area (Å²) in [4.78, 5) is 48.6. The highest BCUT2D eigenvalue weighted by atomic mass is 16.6. The molecular weight excluding hydrogens is 448 g/mol. The normalized spacial score (nSPS) is 12.2. The number of nitro benzene ring substituents is 2. The molecule has 12 heteroatoms. The molecule has 0 amide bonds. The van der Waals surface area contributed by atoms with Gasteiger partial charge in [0, 0.05) is 25.2 Å². The molecule has 1 aliphatic rings. The van der Waals surface area contributed by atoms with Gasteiger partial charge in [-0.05, 0) is 12.8 Å². The van der Waals surface area contributed by atoms with Gasteiger partial charge in [0.1, 0.15) is 11.1 Å². The summed E-state index contributed by atoms with van der Waals surface area (Å²) in [6, 6.07) is 1.88. The summed E-state index contributed by atoms with van der Waals surface area (Å²) < 4.78 is 0. The van der Waals surface area contributed by atoms with Crippen LogP contribution in [0.15, 0.2) is 12.1 Å². The van der Waals surface area contributed by atoms with Crippen molar-refractivity contribution in [2.45, 2.75) is 39.5 Å². The van der Waals surface area contributed by atoms with Gasteiger partial charge in [0.25, 0.3) is 11.4 Å². The number of unbranched alkanes of at least 4 members (excludes halogenated alkanes) is 2. The molecule has 0 aliphatic heterocycles. The molecule has 0 aromatic heterocycles. The molecule has 0 spiro atoms. The Balaban J connectivity index is 2.30. The predicted molar refractivity (Wildman–Crippen MR) is 123 cm³/mol. The number of fused-ring (bicyclic) bond motifs is 2. The number of phenols is 2. The van der Waals surface area contributed by atoms with Crippen molar-refractivity contribution in [1.82, 2.24) is 0 Å². The van der Waals surface area contributed by atoms with Crippen LogP contribution in [0.1, 0.15) is 71.4 Å². The Labute approximate surface area is 193 Å². The minimum Gasteiger partial charge on any atom is -0.505 e. The number of aromatic hydroxyl groups is 2. The van der Waals surface area contributed by atoms with Crippen LogP contribution < -0.4 is 10.6 Å². The number of ketones is 2. The fourth-order valence-electron chi connectivity index (χ4n) is 3.83. The van der Waals surface area contributed by atoms with E-state index in [-0.39, 0.29) is 11.4 Å². The lowest BCUT2D eigenvalue weighted by Gasteiger charge is -2.22. The quantitative estimate of drug-likeness (QED) is 0.145. The number of hydrogen-bond donors (Lipinski definition) is 4. The van der Waals surface area contributed by atoms with Crippen molar-refractivity contribution < 1.29 is 29.6 Å². The second-order valence-corrected chi connectivity index (χ2v) is 7.82. The third-order valence-corrected chi connectivity index (χ3v) is 5.55. The molecular formula is C22H24N4O8. The van der Waals surface area contributed by atoms with Crippen LogP contribution in [0.3, 0.4) is 0 Å². The number of rotatable bonds is 10. The Kier molecular flexibility index (Phi) is 6.99. The highest BCUT2D eigenvalue weighted by Crippen LogP contribution is 2.48. The third-order valence-electron chi connectivity index (χ3n) is 5.55. The van der Waals surface area contributed by atoms with Crippen LogP contribution in [0.5, 0.6) is 11.5 Å². The molecule has 0 radical (unpaired) electrons. The number of nitro groups is 2. The van der Waals surface area contributed by atoms with Crippen molar-refractivity contribution in [3.63, 3.8) is 0 Å². The Hall–Kier alpha value is -4.22. The van der Waals surface area contributed by atoms with Crippen LogP contribution >= 0.6 is 0 Å². The van der Waals surface area contributed by atoms with E-state index in [1.54, 1.807) is 0 Å². The number of carbonyl (C=O) groups is 2. The van der Waals surface area contributed by atoms with Crippen molar-refractivity contribution in [1.29, 1.82) is 0 Å². The number of benzene rings is 2. The average Bonchev–Trinajstić information content (AvgIpc) is 2.78. The minimum atomic E-state index is -1.16. The maximum atomic E-state index is 13.4. The average molecular weight is 472 g/mol. The summed E-state index contributed by atoms with van der Waals surface area (Å²) in [5.41, 5.74) is -4.68. The second kappa shape index (κ2) is 9.73. The fourth-order valence-corrected chi connectivity index (χ4v) is 3.83. The summed E-state index contributed by atoms with van der Waals surface area (Å²) in [5.74, 6) is -3.77. The van der Waals surface area contributed by atoms with E-state index < -0.39 is 66.5 Å². The molecule has 0 fully saturated rings. The number of nitrogens with zero attached hydrogens (tertiary/aromatic N) is 2. The number of anilines is 2. The van der Waals surface area contributed by atoms with Gasteiger partial charge < -0.3 is 20.8 Å². The molecule has 12 nitrogen and oxygen atoms in total. The maximum absolute atomic E-state index is 13.4. The second-order valence-electron chi connectivity index (χ2n) is 7.82. The largest absolute Gasteiger partial charge is 0.505 e. The lowest BCUT2D eigenvalue weighted by Crippen LogP contribution is -2.25.